The van der Waals surface area contributed by atoms with Gasteiger partial charge in [-0.15, -0.1) is 0 Å². The Morgan fingerprint density at radius 2 is 0.167 bits per heavy atom. The second-order valence-corrected chi connectivity index (χ2v) is 25.5. The van der Waals surface area contributed by atoms with Crippen LogP contribution in [0.4, 0.5) is 0 Å². The molecule has 24 atom stereocenters. The Labute approximate surface area is 416 Å². The maximum absolute atomic E-state index is 2.41. The van der Waals surface area contributed by atoms with Crippen LogP contribution < -0.4 is 0 Å². The zero-order valence-corrected chi connectivity index (χ0v) is 49.3. The number of hydrogen-bond acceptors (Lipinski definition) is 0. The van der Waals surface area contributed by atoms with E-state index in [-0.39, 0.29) is 32.9 Å². The van der Waals surface area contributed by atoms with Gasteiger partial charge in [0, 0.05) is 0 Å². The van der Waals surface area contributed by atoms with E-state index in [1.54, 1.807) is 0 Å². The minimum atomic E-state index is 0. The van der Waals surface area contributed by atoms with Crippen LogP contribution in [0.5, 0.6) is 0 Å². The van der Waals surface area contributed by atoms with Crippen molar-refractivity contribution in [3.05, 3.63) is 0 Å². The summed E-state index contributed by atoms with van der Waals surface area (Å²) in [5.41, 5.74) is 0. The molecule has 12 N–H and O–H groups in total. The Hall–Kier alpha value is -0.240. The van der Waals surface area contributed by atoms with Crippen LogP contribution in [-0.4, -0.2) is 32.9 Å². The van der Waals surface area contributed by atoms with Gasteiger partial charge >= 0.3 is 0 Å². The Morgan fingerprint density at radius 3 is 0.212 bits per heavy atom. The van der Waals surface area contributed by atoms with Crippen molar-refractivity contribution in [3.63, 3.8) is 0 Å². The first-order chi connectivity index (χ1) is 27.8. The van der Waals surface area contributed by atoms with Gasteiger partial charge in [0.2, 0.25) is 0 Å². The van der Waals surface area contributed by atoms with Gasteiger partial charge in [0.25, 0.3) is 0 Å². The Bertz CT molecular complexity index is 802. The van der Waals surface area contributed by atoms with Crippen molar-refractivity contribution < 1.29 is 32.9 Å². The summed E-state index contributed by atoms with van der Waals surface area (Å²) in [6.45, 7) is 57.6. The highest BCUT2D eigenvalue weighted by Crippen LogP contribution is 2.42. The lowest BCUT2D eigenvalue weighted by atomic mass is 9.69. The van der Waals surface area contributed by atoms with E-state index in [1.165, 1.54) is 77.0 Å². The summed E-state index contributed by atoms with van der Waals surface area (Å²) < 4.78 is 0. The maximum Gasteiger partial charge on any atom is -0.0389 e. The second kappa shape index (κ2) is 37.5. The second-order valence-electron chi connectivity index (χ2n) is 25.5. The molecule has 0 aromatic heterocycles. The van der Waals surface area contributed by atoms with Gasteiger partial charge in [0.15, 0.2) is 0 Å². The van der Waals surface area contributed by atoms with Crippen LogP contribution in [0.2, 0.25) is 0 Å². The average Bonchev–Trinajstić information content (AvgIpc) is 3.23. The molecule has 0 saturated heterocycles. The first-order valence-electron chi connectivity index (χ1n) is 27.8. The van der Waals surface area contributed by atoms with Crippen LogP contribution in [0.15, 0.2) is 0 Å². The molecule has 66 heavy (non-hydrogen) atoms. The third kappa shape index (κ3) is 24.3. The Morgan fingerprint density at radius 1 is 0.121 bits per heavy atom. The molecule has 0 aromatic rings. The van der Waals surface area contributed by atoms with Crippen LogP contribution in [0, 0.1) is 142 Å². The molecule has 6 aliphatic rings. The van der Waals surface area contributed by atoms with Gasteiger partial charge < -0.3 is 32.9 Å². The van der Waals surface area contributed by atoms with Crippen molar-refractivity contribution in [1.29, 1.82) is 0 Å². The molecule has 24 unspecified atom stereocenters. The summed E-state index contributed by atoms with van der Waals surface area (Å²) in [5, 5.41) is 0. The zero-order valence-electron chi connectivity index (χ0n) is 49.3. The van der Waals surface area contributed by atoms with Crippen molar-refractivity contribution in [2.24, 2.45) is 142 Å². The fraction of sp³-hybridized carbons (Fsp3) is 1.00. The fourth-order valence-corrected chi connectivity index (χ4v) is 12.5. The van der Waals surface area contributed by atoms with Crippen molar-refractivity contribution in [3.8, 4) is 0 Å². The quantitative estimate of drug-likeness (QED) is 0.224. The lowest BCUT2D eigenvalue weighted by Gasteiger charge is -2.36. The van der Waals surface area contributed by atoms with Crippen molar-refractivity contribution in [2.45, 2.75) is 243 Å². The maximum atomic E-state index is 2.41. The standard InChI is InChI=1S/6C10H20.6H2O/c6*1-7-5-6-8(2)10(4)9(7)3;;;;;;/h6*7-10H,5-6H2,1-4H3;6*1H2. The van der Waals surface area contributed by atoms with Gasteiger partial charge in [0.05, 0.1) is 0 Å². The van der Waals surface area contributed by atoms with Gasteiger partial charge in [-0.05, 0) is 142 Å². The molecular weight excluding hydrogens is 817 g/mol. The molecular formula is C60H132O6. The van der Waals surface area contributed by atoms with Crippen molar-refractivity contribution in [1.82, 2.24) is 0 Å². The van der Waals surface area contributed by atoms with Gasteiger partial charge in [0.1, 0.15) is 0 Å². The van der Waals surface area contributed by atoms with E-state index in [9.17, 15) is 0 Å². The number of hydrogen-bond donors (Lipinski definition) is 0. The van der Waals surface area contributed by atoms with E-state index in [0.29, 0.717) is 0 Å². The van der Waals surface area contributed by atoms with E-state index >= 15 is 0 Å². The highest BCUT2D eigenvalue weighted by molar-refractivity contribution is 4.82. The molecule has 6 fully saturated rings. The van der Waals surface area contributed by atoms with E-state index in [2.05, 4.69) is 166 Å². The van der Waals surface area contributed by atoms with Gasteiger partial charge in [-0.2, -0.15) is 0 Å². The summed E-state index contributed by atoms with van der Waals surface area (Å²) >= 11 is 0. The van der Waals surface area contributed by atoms with Gasteiger partial charge in [-0.1, -0.05) is 243 Å². The fourth-order valence-electron chi connectivity index (χ4n) is 12.5. The molecule has 6 heteroatoms. The van der Waals surface area contributed by atoms with Crippen LogP contribution in [0.3, 0.4) is 0 Å². The third-order valence-electron chi connectivity index (χ3n) is 22.2. The molecule has 6 aliphatic carbocycles. The molecule has 6 nitrogen and oxygen atoms in total. The van der Waals surface area contributed by atoms with E-state index in [1.807, 2.05) is 0 Å². The van der Waals surface area contributed by atoms with Crippen LogP contribution in [0.1, 0.15) is 243 Å². The summed E-state index contributed by atoms with van der Waals surface area (Å²) in [6, 6.07) is 0. The van der Waals surface area contributed by atoms with Crippen LogP contribution in [-0.2, 0) is 0 Å². The third-order valence-corrected chi connectivity index (χ3v) is 22.2. The Kier molecular flexibility index (Phi) is 43.9. The zero-order chi connectivity index (χ0) is 46.3. The van der Waals surface area contributed by atoms with E-state index in [4.69, 9.17) is 0 Å². The molecule has 0 amide bonds. The molecule has 0 spiro atoms. The summed E-state index contributed by atoms with van der Waals surface area (Å²) in [6.07, 6.45) is 17.4. The minimum absolute atomic E-state index is 0. The molecule has 0 heterocycles. The summed E-state index contributed by atoms with van der Waals surface area (Å²) in [7, 11) is 0. The molecule has 0 aliphatic heterocycles. The molecule has 0 radical (unpaired) electrons. The Balaban J connectivity index is -0.000000161. The van der Waals surface area contributed by atoms with Gasteiger partial charge in [-0.25, -0.2) is 0 Å². The lowest BCUT2D eigenvalue weighted by molar-refractivity contribution is 0.137. The monoisotopic (exact) mass is 949 g/mol. The lowest BCUT2D eigenvalue weighted by Crippen LogP contribution is -2.27. The highest BCUT2D eigenvalue weighted by atomic mass is 16.0. The highest BCUT2D eigenvalue weighted by Gasteiger charge is 2.32. The normalized spacial score (nSPS) is 44.7. The molecule has 6 saturated carbocycles. The summed E-state index contributed by atoms with van der Waals surface area (Å²) in [4.78, 5) is 0. The first kappa shape index (κ1) is 77.2. The van der Waals surface area contributed by atoms with Crippen molar-refractivity contribution in [2.75, 3.05) is 0 Å². The number of rotatable bonds is 0. The summed E-state index contributed by atoms with van der Waals surface area (Å²) in [5.74, 6) is 22.9. The minimum Gasteiger partial charge on any atom is -0.412 e. The van der Waals surface area contributed by atoms with Crippen molar-refractivity contribution >= 4 is 0 Å². The molecule has 408 valence electrons. The largest absolute Gasteiger partial charge is 0.412 e. The van der Waals surface area contributed by atoms with E-state index in [0.717, 1.165) is 142 Å². The predicted octanol–water partition coefficient (Wildman–Crippen LogP) is 15.0. The first-order valence-corrected chi connectivity index (χ1v) is 27.8. The van der Waals surface area contributed by atoms with E-state index < -0.39 is 0 Å². The SMILES string of the molecule is CC1CCC(C)C(C)C1C.CC1CCC(C)C(C)C1C.CC1CCC(C)C(C)C1C.CC1CCC(C)C(C)C1C.CC1CCC(C)C(C)C1C.CC1CCC(C)C(C)C1C.O.O.O.O.O.O. The molecule has 0 bridgehead atoms. The van der Waals surface area contributed by atoms with Crippen LogP contribution >= 0.6 is 0 Å². The predicted molar refractivity (Wildman–Crippen MR) is 297 cm³/mol. The van der Waals surface area contributed by atoms with Gasteiger partial charge in [-0.3, -0.25) is 0 Å². The molecule has 6 rings (SSSR count). The van der Waals surface area contributed by atoms with Crippen LogP contribution in [0.25, 0.3) is 0 Å². The topological polar surface area (TPSA) is 189 Å². The average molecular weight is 950 g/mol. The molecule has 0 aromatic carbocycles. The smallest absolute Gasteiger partial charge is 0.0389 e.